The molecule has 0 radical (unpaired) electrons. The number of allylic oxidation sites excluding steroid dienone is 2. The molecule has 0 spiro atoms. The second-order valence-corrected chi connectivity index (χ2v) is 9.21. The van der Waals surface area contributed by atoms with E-state index < -0.39 is 12.4 Å². The average molecular weight is 687 g/mol. The van der Waals surface area contributed by atoms with Crippen LogP contribution in [0.1, 0.15) is 11.9 Å². The molecule has 206 valence electrons. The first-order valence-electron chi connectivity index (χ1n) is 12.8. The molecule has 0 aromatic heterocycles. The van der Waals surface area contributed by atoms with Gasteiger partial charge in [-0.1, -0.05) is 122 Å². The maximum atomic E-state index is 12.5. The topological polar surface area (TPSA) is 82.0 Å². The average Bonchev–Trinajstić information content (AvgIpc) is 2.98. The first kappa shape index (κ1) is 35.6. The Bertz CT molecular complexity index is 1550. The number of phenols is 1. The Morgan fingerprint density at radius 1 is 0.786 bits per heavy atom. The molecule has 1 aliphatic heterocycles. The molecule has 3 atom stereocenters. The van der Waals surface area contributed by atoms with Crippen molar-refractivity contribution in [2.75, 3.05) is 6.61 Å². The Morgan fingerprint density at radius 3 is 2.00 bits per heavy atom. The smallest absolute Gasteiger partial charge is 1.00 e. The van der Waals surface area contributed by atoms with Crippen LogP contribution >= 0.6 is 0 Å². The minimum atomic E-state index is -0.633. The molecule has 5 aromatic carbocycles. The fraction of sp³-hybridized carbons (Fsp3) is 0.118. The number of aromatic hydroxyl groups is 1. The molecule has 1 aliphatic rings. The van der Waals surface area contributed by atoms with Crippen LogP contribution in [0.25, 0.3) is 32.7 Å². The zero-order valence-electron chi connectivity index (χ0n) is 23.1. The van der Waals surface area contributed by atoms with Gasteiger partial charge in [-0.05, 0) is 33.2 Å². The summed E-state index contributed by atoms with van der Waals surface area (Å²) in [5.74, 6) is 0.0532. The molecular weight excluding hydrogens is 658 g/mol. The van der Waals surface area contributed by atoms with Gasteiger partial charge in [0.25, 0.3) is 0 Å². The van der Waals surface area contributed by atoms with Crippen LogP contribution in [0.15, 0.2) is 128 Å². The summed E-state index contributed by atoms with van der Waals surface area (Å²) in [4.78, 5) is 0. The van der Waals surface area contributed by atoms with Crippen molar-refractivity contribution in [3.63, 3.8) is 0 Å². The maximum absolute atomic E-state index is 12.5. The van der Waals surface area contributed by atoms with E-state index in [1.165, 1.54) is 0 Å². The summed E-state index contributed by atoms with van der Waals surface area (Å²) in [6, 6.07) is 32.1. The number of hydrogen-bond donors (Lipinski definition) is 2. The summed E-state index contributed by atoms with van der Waals surface area (Å²) in [6.07, 6.45) is 3.80. The van der Waals surface area contributed by atoms with Crippen LogP contribution in [-0.2, 0) is 29.0 Å². The minimum absolute atomic E-state index is 0. The molecular formula is C34H29BrMgO5Zn. The van der Waals surface area contributed by atoms with Gasteiger partial charge in [0.1, 0.15) is 18.0 Å². The van der Waals surface area contributed by atoms with Crippen molar-refractivity contribution in [2.45, 2.75) is 18.5 Å². The van der Waals surface area contributed by atoms with Crippen molar-refractivity contribution in [2.24, 2.45) is 0 Å². The summed E-state index contributed by atoms with van der Waals surface area (Å²) in [6.45, 7) is 3.86. The van der Waals surface area contributed by atoms with Crippen molar-refractivity contribution in [1.82, 2.24) is 0 Å². The van der Waals surface area contributed by atoms with Gasteiger partial charge in [0.15, 0.2) is 6.29 Å². The van der Waals surface area contributed by atoms with Gasteiger partial charge in [-0.15, -0.1) is 5.75 Å². The number of benzene rings is 5. The Kier molecular flexibility index (Phi) is 14.4. The van der Waals surface area contributed by atoms with Crippen LogP contribution < -0.4 is 22.1 Å². The molecule has 1 heterocycles. The Morgan fingerprint density at radius 2 is 1.36 bits per heavy atom. The molecule has 5 nitrogen and oxygen atoms in total. The van der Waals surface area contributed by atoms with Gasteiger partial charge in [-0.2, -0.15) is 0 Å². The fourth-order valence-corrected chi connectivity index (χ4v) is 4.73. The SMILES string of the molecule is C=C/C=C/[C@@H]1O[C@H](c2ccccc2)OC[C@H]1O.[Br-].[Mg+2].[O-]c1ccc2ccccc2c1-c1c(O)ccc2ccccc12.[Zn]. The summed E-state index contributed by atoms with van der Waals surface area (Å²) in [7, 11) is 0. The van der Waals surface area contributed by atoms with Crippen LogP contribution in [0.5, 0.6) is 11.5 Å². The van der Waals surface area contributed by atoms with E-state index >= 15 is 0 Å². The molecule has 42 heavy (non-hydrogen) atoms. The van der Waals surface area contributed by atoms with Crippen molar-refractivity contribution in [1.29, 1.82) is 0 Å². The third kappa shape index (κ3) is 8.08. The monoisotopic (exact) mass is 684 g/mol. The molecule has 0 unspecified atom stereocenters. The molecule has 0 aliphatic carbocycles. The number of aliphatic hydroxyl groups excluding tert-OH is 1. The van der Waals surface area contributed by atoms with E-state index in [1.807, 2.05) is 91.0 Å². The summed E-state index contributed by atoms with van der Waals surface area (Å²) in [5, 5.41) is 36.4. The number of halogens is 1. The second-order valence-electron chi connectivity index (χ2n) is 9.21. The first-order valence-corrected chi connectivity index (χ1v) is 12.8. The Labute approximate surface area is 285 Å². The predicted molar refractivity (Wildman–Crippen MR) is 159 cm³/mol. The van der Waals surface area contributed by atoms with Gasteiger partial charge in [0.2, 0.25) is 0 Å². The van der Waals surface area contributed by atoms with E-state index in [1.54, 1.807) is 30.4 Å². The largest absolute Gasteiger partial charge is 2.00 e. The summed E-state index contributed by atoms with van der Waals surface area (Å²) in [5.41, 5.74) is 2.13. The van der Waals surface area contributed by atoms with E-state index in [0.29, 0.717) is 11.1 Å². The minimum Gasteiger partial charge on any atom is -1.00 e. The van der Waals surface area contributed by atoms with Gasteiger partial charge in [-0.3, -0.25) is 0 Å². The van der Waals surface area contributed by atoms with Crippen LogP contribution in [0, 0.1) is 0 Å². The molecule has 0 bridgehead atoms. The van der Waals surface area contributed by atoms with E-state index in [-0.39, 0.29) is 83.7 Å². The summed E-state index contributed by atoms with van der Waals surface area (Å²) < 4.78 is 11.1. The number of hydrogen-bond acceptors (Lipinski definition) is 5. The van der Waals surface area contributed by atoms with Crippen molar-refractivity contribution < 1.29 is 61.3 Å². The van der Waals surface area contributed by atoms with Crippen LogP contribution in [0.3, 0.4) is 0 Å². The van der Waals surface area contributed by atoms with Crippen LogP contribution in [-0.4, -0.2) is 52.1 Å². The first-order chi connectivity index (χ1) is 19.1. The molecule has 5 aromatic rings. The molecule has 1 fully saturated rings. The third-order valence-corrected chi connectivity index (χ3v) is 6.63. The maximum Gasteiger partial charge on any atom is 2.00 e. The van der Waals surface area contributed by atoms with Crippen LogP contribution in [0.4, 0.5) is 0 Å². The Balaban J connectivity index is 0.000000282. The Hall–Kier alpha value is -2.55. The van der Waals surface area contributed by atoms with E-state index in [0.717, 1.165) is 27.1 Å². The molecule has 0 amide bonds. The molecule has 2 N–H and O–H groups in total. The van der Waals surface area contributed by atoms with Gasteiger partial charge < -0.3 is 41.8 Å². The summed E-state index contributed by atoms with van der Waals surface area (Å²) >= 11 is 0. The zero-order valence-corrected chi connectivity index (χ0v) is 29.1. The van der Waals surface area contributed by atoms with Crippen molar-refractivity contribution in [3.05, 3.63) is 133 Å². The number of fused-ring (bicyclic) bond motifs is 2. The van der Waals surface area contributed by atoms with E-state index in [2.05, 4.69) is 6.58 Å². The predicted octanol–water partition coefficient (Wildman–Crippen LogP) is 3.26. The third-order valence-electron chi connectivity index (χ3n) is 6.63. The molecule has 1 saturated heterocycles. The van der Waals surface area contributed by atoms with Gasteiger partial charge >= 0.3 is 23.1 Å². The molecule has 6 rings (SSSR count). The number of rotatable bonds is 4. The number of ether oxygens (including phenoxy) is 2. The van der Waals surface area contributed by atoms with Gasteiger partial charge in [0, 0.05) is 30.6 Å². The fourth-order valence-electron chi connectivity index (χ4n) is 4.73. The molecule has 8 heteroatoms. The molecule has 0 saturated carbocycles. The number of phenolic OH excluding ortho intramolecular Hbond substituents is 1. The van der Waals surface area contributed by atoms with Gasteiger partial charge in [-0.25, -0.2) is 0 Å². The number of aliphatic hydroxyl groups is 1. The quantitative estimate of drug-likeness (QED) is 0.224. The normalized spacial score (nSPS) is 17.7. The van der Waals surface area contributed by atoms with Crippen molar-refractivity contribution >= 4 is 44.6 Å². The van der Waals surface area contributed by atoms with E-state index in [9.17, 15) is 15.3 Å². The van der Waals surface area contributed by atoms with Gasteiger partial charge in [0.05, 0.1) is 6.61 Å². The van der Waals surface area contributed by atoms with Crippen LogP contribution in [0.2, 0.25) is 0 Å². The standard InChI is InChI=1S/C20H14O2.C14H16O3.BrH.Mg.Zn/c21-17-11-9-13-5-1-3-7-15(13)19(17)20-16-8-4-2-6-14(16)10-12-18(20)22;1-2-3-9-13-12(15)10-16-14(17-13)11-7-5-4-6-8-11;;;/h1-12,21-22H;2-9,12-15H,1,10H2;1H;;/q;;;+2;/p-2/b;9-3+;;;/t;12-,13+,14-;;;/m.1.../s1. The zero-order chi connectivity index (χ0) is 27.2. The van der Waals surface area contributed by atoms with E-state index in [4.69, 9.17) is 9.47 Å². The second kappa shape index (κ2) is 16.9. The van der Waals surface area contributed by atoms with Crippen molar-refractivity contribution in [3.8, 4) is 22.6 Å².